The summed E-state index contributed by atoms with van der Waals surface area (Å²) in [4.78, 5) is 0. The minimum Gasteiger partial charge on any atom is -0.389 e. The molecule has 0 saturated heterocycles. The predicted octanol–water partition coefficient (Wildman–Crippen LogP) is 1.55. The van der Waals surface area contributed by atoms with E-state index in [0.717, 1.165) is 12.5 Å². The molecule has 3 nitrogen and oxygen atoms in total. The molecule has 90 valence electrons. The van der Waals surface area contributed by atoms with Gasteiger partial charge in [-0.2, -0.15) is 0 Å². The Kier molecular flexibility index (Phi) is 5.03. The van der Waals surface area contributed by atoms with Crippen molar-refractivity contribution in [3.8, 4) is 0 Å². The standard InChI is InChI=1S/C12H25NO2/c1-12(2,3)15-9-11(14)8-13-7-10-5-4-6-10/h10-11,13-14H,4-9H2,1-3H3. The smallest absolute Gasteiger partial charge is 0.0897 e. The van der Waals surface area contributed by atoms with Gasteiger partial charge in [0, 0.05) is 6.54 Å². The van der Waals surface area contributed by atoms with E-state index in [1.807, 2.05) is 20.8 Å². The number of hydrogen-bond acceptors (Lipinski definition) is 3. The summed E-state index contributed by atoms with van der Waals surface area (Å²) >= 11 is 0. The van der Waals surface area contributed by atoms with Gasteiger partial charge in [-0.05, 0) is 46.1 Å². The van der Waals surface area contributed by atoms with Crippen LogP contribution in [0.5, 0.6) is 0 Å². The first-order valence-corrected chi connectivity index (χ1v) is 6.00. The van der Waals surface area contributed by atoms with Crippen LogP contribution in [0, 0.1) is 5.92 Å². The third-order valence-corrected chi connectivity index (χ3v) is 2.75. The highest BCUT2D eigenvalue weighted by molar-refractivity contribution is 4.72. The van der Waals surface area contributed by atoms with Gasteiger partial charge in [-0.1, -0.05) is 6.42 Å². The minimum atomic E-state index is -0.385. The van der Waals surface area contributed by atoms with Gasteiger partial charge in [0.1, 0.15) is 0 Å². The molecular weight excluding hydrogens is 190 g/mol. The van der Waals surface area contributed by atoms with E-state index < -0.39 is 0 Å². The van der Waals surface area contributed by atoms with Gasteiger partial charge in [0.15, 0.2) is 0 Å². The summed E-state index contributed by atoms with van der Waals surface area (Å²) in [6.45, 7) is 8.12. The average molecular weight is 215 g/mol. The van der Waals surface area contributed by atoms with E-state index in [0.29, 0.717) is 13.2 Å². The number of nitrogens with one attached hydrogen (secondary N) is 1. The maximum absolute atomic E-state index is 9.63. The first-order chi connectivity index (χ1) is 6.97. The van der Waals surface area contributed by atoms with E-state index in [9.17, 15) is 5.11 Å². The fourth-order valence-electron chi connectivity index (χ4n) is 1.56. The molecule has 15 heavy (non-hydrogen) atoms. The summed E-state index contributed by atoms with van der Waals surface area (Å²) in [5, 5.41) is 12.9. The Hall–Kier alpha value is -0.120. The van der Waals surface area contributed by atoms with E-state index in [1.54, 1.807) is 0 Å². The zero-order chi connectivity index (χ0) is 11.3. The third kappa shape index (κ3) is 6.13. The van der Waals surface area contributed by atoms with Crippen molar-refractivity contribution < 1.29 is 9.84 Å². The normalized spacial score (nSPS) is 20.0. The van der Waals surface area contributed by atoms with Gasteiger partial charge >= 0.3 is 0 Å². The summed E-state index contributed by atoms with van der Waals surface area (Å²) < 4.78 is 5.50. The van der Waals surface area contributed by atoms with E-state index in [-0.39, 0.29) is 11.7 Å². The SMILES string of the molecule is CC(C)(C)OCC(O)CNCC1CCC1. The third-order valence-electron chi connectivity index (χ3n) is 2.75. The molecule has 1 rings (SSSR count). The second-order valence-corrected chi connectivity index (χ2v) is 5.53. The molecule has 0 radical (unpaired) electrons. The Bertz CT molecular complexity index is 173. The highest BCUT2D eigenvalue weighted by atomic mass is 16.5. The van der Waals surface area contributed by atoms with Gasteiger partial charge in [0.25, 0.3) is 0 Å². The van der Waals surface area contributed by atoms with Crippen molar-refractivity contribution in [3.05, 3.63) is 0 Å². The molecule has 1 fully saturated rings. The fourth-order valence-corrected chi connectivity index (χ4v) is 1.56. The lowest BCUT2D eigenvalue weighted by Gasteiger charge is -2.26. The van der Waals surface area contributed by atoms with Crippen LogP contribution in [0.3, 0.4) is 0 Å². The first kappa shape index (κ1) is 12.9. The number of ether oxygens (including phenoxy) is 1. The summed E-state index contributed by atoms with van der Waals surface area (Å²) in [6.07, 6.45) is 3.69. The predicted molar refractivity (Wildman–Crippen MR) is 61.9 cm³/mol. The molecule has 0 spiro atoms. The lowest BCUT2D eigenvalue weighted by molar-refractivity contribution is -0.0481. The van der Waals surface area contributed by atoms with Crippen molar-refractivity contribution in [1.29, 1.82) is 0 Å². The van der Waals surface area contributed by atoms with Crippen LogP contribution in [0.1, 0.15) is 40.0 Å². The van der Waals surface area contributed by atoms with E-state index in [4.69, 9.17) is 4.74 Å². The maximum Gasteiger partial charge on any atom is 0.0897 e. The van der Waals surface area contributed by atoms with Gasteiger partial charge in [-0.15, -0.1) is 0 Å². The van der Waals surface area contributed by atoms with Gasteiger partial charge < -0.3 is 15.2 Å². The zero-order valence-electron chi connectivity index (χ0n) is 10.3. The number of aliphatic hydroxyl groups is 1. The van der Waals surface area contributed by atoms with Crippen LogP contribution in [-0.2, 0) is 4.74 Å². The van der Waals surface area contributed by atoms with Crippen molar-refractivity contribution in [3.63, 3.8) is 0 Å². The lowest BCUT2D eigenvalue weighted by Crippen LogP contribution is -2.36. The molecule has 0 aliphatic heterocycles. The van der Waals surface area contributed by atoms with Crippen molar-refractivity contribution in [2.24, 2.45) is 5.92 Å². The summed E-state index contributed by atoms with van der Waals surface area (Å²) in [5.74, 6) is 0.848. The van der Waals surface area contributed by atoms with Gasteiger partial charge in [0.05, 0.1) is 18.3 Å². The quantitative estimate of drug-likeness (QED) is 0.706. The van der Waals surface area contributed by atoms with Crippen LogP contribution in [0.4, 0.5) is 0 Å². The van der Waals surface area contributed by atoms with Crippen LogP contribution >= 0.6 is 0 Å². The lowest BCUT2D eigenvalue weighted by atomic mass is 9.85. The minimum absolute atomic E-state index is 0.158. The molecular formula is C12H25NO2. The van der Waals surface area contributed by atoms with Gasteiger partial charge in [0.2, 0.25) is 0 Å². The van der Waals surface area contributed by atoms with E-state index in [2.05, 4.69) is 5.32 Å². The number of aliphatic hydroxyl groups excluding tert-OH is 1. The van der Waals surface area contributed by atoms with Crippen LogP contribution in [0.25, 0.3) is 0 Å². The average Bonchev–Trinajstić information content (AvgIpc) is 2.04. The Morgan fingerprint density at radius 2 is 2.07 bits per heavy atom. The fraction of sp³-hybridized carbons (Fsp3) is 1.00. The summed E-state index contributed by atoms with van der Waals surface area (Å²) in [7, 11) is 0. The van der Waals surface area contributed by atoms with Crippen molar-refractivity contribution in [1.82, 2.24) is 5.32 Å². The molecule has 1 saturated carbocycles. The van der Waals surface area contributed by atoms with Crippen LogP contribution < -0.4 is 5.32 Å². The summed E-state index contributed by atoms with van der Waals surface area (Å²) in [6, 6.07) is 0. The zero-order valence-corrected chi connectivity index (χ0v) is 10.3. The molecule has 2 N–H and O–H groups in total. The second-order valence-electron chi connectivity index (χ2n) is 5.53. The number of rotatable bonds is 6. The highest BCUT2D eigenvalue weighted by Gasteiger charge is 2.17. The van der Waals surface area contributed by atoms with Gasteiger partial charge in [-0.25, -0.2) is 0 Å². The van der Waals surface area contributed by atoms with Crippen LogP contribution in [0.15, 0.2) is 0 Å². The Balaban J connectivity index is 1.95. The first-order valence-electron chi connectivity index (χ1n) is 6.00. The monoisotopic (exact) mass is 215 g/mol. The molecule has 1 aliphatic carbocycles. The molecule has 1 aliphatic rings. The molecule has 0 amide bonds. The van der Waals surface area contributed by atoms with Crippen LogP contribution in [-0.4, -0.2) is 36.5 Å². The highest BCUT2D eigenvalue weighted by Crippen LogP contribution is 2.24. The second kappa shape index (κ2) is 5.83. The van der Waals surface area contributed by atoms with Crippen LogP contribution in [0.2, 0.25) is 0 Å². The maximum atomic E-state index is 9.63. The molecule has 0 heterocycles. The van der Waals surface area contributed by atoms with E-state index >= 15 is 0 Å². The Morgan fingerprint density at radius 3 is 2.53 bits per heavy atom. The van der Waals surface area contributed by atoms with Crippen molar-refractivity contribution >= 4 is 0 Å². The largest absolute Gasteiger partial charge is 0.389 e. The van der Waals surface area contributed by atoms with Crippen molar-refractivity contribution in [2.75, 3.05) is 19.7 Å². The molecule has 0 aromatic heterocycles. The summed E-state index contributed by atoms with van der Waals surface area (Å²) in [5.41, 5.74) is -0.158. The molecule has 1 atom stereocenters. The molecule has 0 aromatic carbocycles. The molecule has 1 unspecified atom stereocenters. The Labute approximate surface area is 93.2 Å². The topological polar surface area (TPSA) is 41.5 Å². The molecule has 3 heteroatoms. The number of hydrogen-bond donors (Lipinski definition) is 2. The van der Waals surface area contributed by atoms with Crippen molar-refractivity contribution in [2.45, 2.75) is 51.7 Å². The molecule has 0 bridgehead atoms. The molecule has 0 aromatic rings. The van der Waals surface area contributed by atoms with E-state index in [1.165, 1.54) is 19.3 Å². The van der Waals surface area contributed by atoms with Gasteiger partial charge in [-0.3, -0.25) is 0 Å². The Morgan fingerprint density at radius 1 is 1.40 bits per heavy atom.